The molecule has 0 aliphatic rings. The lowest BCUT2D eigenvalue weighted by atomic mass is 10.2. The number of nitrogens with zero attached hydrogens (tertiary/aromatic N) is 2. The number of aryl methyl sites for hydroxylation is 1. The van der Waals surface area contributed by atoms with E-state index >= 15 is 0 Å². The van der Waals surface area contributed by atoms with Gasteiger partial charge in [0.15, 0.2) is 0 Å². The van der Waals surface area contributed by atoms with Crippen LogP contribution in [-0.4, -0.2) is 6.54 Å². The number of rotatable bonds is 5. The van der Waals surface area contributed by atoms with Gasteiger partial charge in [0.1, 0.15) is 5.69 Å². The minimum absolute atomic E-state index is 0.865. The molecule has 0 amide bonds. The van der Waals surface area contributed by atoms with Gasteiger partial charge in [0.2, 0.25) is 0 Å². The van der Waals surface area contributed by atoms with Gasteiger partial charge < -0.3 is 5.32 Å². The van der Waals surface area contributed by atoms with E-state index in [1.54, 1.807) is 0 Å². The zero-order chi connectivity index (χ0) is 13.5. The summed E-state index contributed by atoms with van der Waals surface area (Å²) in [6, 6.07) is 16.1. The molecular formula is C16H19N3. The van der Waals surface area contributed by atoms with Crippen molar-refractivity contribution in [1.29, 1.82) is 0 Å². The second-order valence-corrected chi connectivity index (χ2v) is 4.27. The topological polar surface area (TPSA) is 36.8 Å². The van der Waals surface area contributed by atoms with E-state index < -0.39 is 0 Å². The van der Waals surface area contributed by atoms with Gasteiger partial charge in [-0.05, 0) is 43.2 Å². The van der Waals surface area contributed by atoms with E-state index in [0.717, 1.165) is 30.0 Å². The van der Waals surface area contributed by atoms with Crippen LogP contribution >= 0.6 is 0 Å². The van der Waals surface area contributed by atoms with Crippen LogP contribution in [0.25, 0.3) is 0 Å². The average molecular weight is 253 g/mol. The number of para-hydroxylation sites is 1. The molecule has 0 unspecified atom stereocenters. The number of hydrogen-bond acceptors (Lipinski definition) is 3. The summed E-state index contributed by atoms with van der Waals surface area (Å²) in [5.74, 6) is 0. The molecular weight excluding hydrogens is 234 g/mol. The van der Waals surface area contributed by atoms with Gasteiger partial charge in [-0.15, -0.1) is 5.11 Å². The summed E-state index contributed by atoms with van der Waals surface area (Å²) in [6.45, 7) is 5.08. The maximum Gasteiger partial charge on any atom is 0.109 e. The Morgan fingerprint density at radius 1 is 0.895 bits per heavy atom. The number of benzene rings is 2. The molecule has 3 nitrogen and oxygen atoms in total. The number of anilines is 1. The van der Waals surface area contributed by atoms with Crippen molar-refractivity contribution in [2.24, 2.45) is 10.2 Å². The van der Waals surface area contributed by atoms with Gasteiger partial charge in [0.25, 0.3) is 0 Å². The Hall–Kier alpha value is -2.16. The molecule has 0 aromatic heterocycles. The maximum absolute atomic E-state index is 4.31. The van der Waals surface area contributed by atoms with Crippen molar-refractivity contribution in [2.75, 3.05) is 11.9 Å². The number of azo groups is 1. The van der Waals surface area contributed by atoms with Crippen molar-refractivity contribution < 1.29 is 0 Å². The monoisotopic (exact) mass is 253 g/mol. The van der Waals surface area contributed by atoms with Gasteiger partial charge in [0.05, 0.1) is 11.4 Å². The first-order valence-corrected chi connectivity index (χ1v) is 6.67. The van der Waals surface area contributed by atoms with Crippen LogP contribution in [-0.2, 0) is 6.42 Å². The van der Waals surface area contributed by atoms with Crippen LogP contribution in [0.15, 0.2) is 58.8 Å². The van der Waals surface area contributed by atoms with Crippen LogP contribution in [0.1, 0.15) is 19.4 Å². The number of hydrogen-bond donors (Lipinski definition) is 1. The lowest BCUT2D eigenvalue weighted by Crippen LogP contribution is -1.95. The van der Waals surface area contributed by atoms with Crippen molar-refractivity contribution >= 4 is 17.1 Å². The Morgan fingerprint density at radius 3 is 2.32 bits per heavy atom. The molecule has 0 atom stereocenters. The molecule has 19 heavy (non-hydrogen) atoms. The third-order valence-corrected chi connectivity index (χ3v) is 2.89. The second-order valence-electron chi connectivity index (χ2n) is 4.27. The van der Waals surface area contributed by atoms with Crippen molar-refractivity contribution in [3.8, 4) is 0 Å². The fraction of sp³-hybridized carbons (Fsp3) is 0.250. The molecule has 0 heterocycles. The summed E-state index contributed by atoms with van der Waals surface area (Å²) in [5, 5.41) is 11.9. The van der Waals surface area contributed by atoms with E-state index in [4.69, 9.17) is 0 Å². The smallest absolute Gasteiger partial charge is 0.109 e. The zero-order valence-corrected chi connectivity index (χ0v) is 11.4. The van der Waals surface area contributed by atoms with Crippen LogP contribution in [0.3, 0.4) is 0 Å². The predicted molar refractivity (Wildman–Crippen MR) is 80.6 cm³/mol. The van der Waals surface area contributed by atoms with Crippen LogP contribution in [0, 0.1) is 0 Å². The molecule has 0 saturated carbocycles. The summed E-state index contributed by atoms with van der Waals surface area (Å²) in [5.41, 5.74) is 4.07. The molecule has 1 N–H and O–H groups in total. The standard InChI is InChI=1S/C16H19N3/c1-3-13-9-11-14(12-10-13)18-19-16-8-6-5-7-15(16)17-4-2/h5-12,17H,3-4H2,1-2H3. The Kier molecular flexibility index (Phi) is 4.67. The van der Waals surface area contributed by atoms with Gasteiger partial charge in [-0.2, -0.15) is 5.11 Å². The van der Waals surface area contributed by atoms with Crippen molar-refractivity contribution in [3.05, 3.63) is 54.1 Å². The van der Waals surface area contributed by atoms with Gasteiger partial charge >= 0.3 is 0 Å². The third-order valence-electron chi connectivity index (χ3n) is 2.89. The van der Waals surface area contributed by atoms with Crippen molar-refractivity contribution in [3.63, 3.8) is 0 Å². The molecule has 0 fully saturated rings. The van der Waals surface area contributed by atoms with Crippen molar-refractivity contribution in [1.82, 2.24) is 0 Å². The van der Waals surface area contributed by atoms with Crippen LogP contribution in [0.2, 0.25) is 0 Å². The minimum atomic E-state index is 0.865. The molecule has 2 aromatic rings. The van der Waals surface area contributed by atoms with Gasteiger partial charge in [-0.1, -0.05) is 31.2 Å². The third kappa shape index (κ3) is 3.65. The lowest BCUT2D eigenvalue weighted by molar-refractivity contribution is 1.13. The Bertz CT molecular complexity index is 544. The quantitative estimate of drug-likeness (QED) is 0.740. The molecule has 2 rings (SSSR count). The molecule has 0 saturated heterocycles. The van der Waals surface area contributed by atoms with Gasteiger partial charge in [0, 0.05) is 6.54 Å². The summed E-state index contributed by atoms with van der Waals surface area (Å²) in [4.78, 5) is 0. The van der Waals surface area contributed by atoms with E-state index in [0.29, 0.717) is 0 Å². The molecule has 2 aromatic carbocycles. The fourth-order valence-electron chi connectivity index (χ4n) is 1.81. The average Bonchev–Trinajstić information content (AvgIpc) is 2.47. The molecule has 0 spiro atoms. The van der Waals surface area contributed by atoms with Crippen LogP contribution in [0.5, 0.6) is 0 Å². The Labute approximate surface area is 114 Å². The summed E-state index contributed by atoms with van der Waals surface area (Å²) >= 11 is 0. The van der Waals surface area contributed by atoms with Gasteiger partial charge in [-0.25, -0.2) is 0 Å². The van der Waals surface area contributed by atoms with Crippen LogP contribution in [0.4, 0.5) is 17.1 Å². The molecule has 3 heteroatoms. The summed E-state index contributed by atoms with van der Waals surface area (Å²) < 4.78 is 0. The molecule has 0 radical (unpaired) electrons. The van der Waals surface area contributed by atoms with E-state index in [2.05, 4.69) is 41.5 Å². The maximum atomic E-state index is 4.31. The Morgan fingerprint density at radius 2 is 1.63 bits per heavy atom. The van der Waals surface area contributed by atoms with E-state index in [9.17, 15) is 0 Å². The predicted octanol–water partition coefficient (Wildman–Crippen LogP) is 5.10. The fourth-order valence-corrected chi connectivity index (χ4v) is 1.81. The van der Waals surface area contributed by atoms with Crippen LogP contribution < -0.4 is 5.32 Å². The SMILES string of the molecule is CCNc1ccccc1N=Nc1ccc(CC)cc1. The largest absolute Gasteiger partial charge is 0.384 e. The molecule has 0 aliphatic carbocycles. The van der Waals surface area contributed by atoms with E-state index in [1.165, 1.54) is 5.56 Å². The van der Waals surface area contributed by atoms with E-state index in [1.807, 2.05) is 36.4 Å². The normalized spacial score (nSPS) is 10.8. The lowest BCUT2D eigenvalue weighted by Gasteiger charge is -2.05. The first-order valence-electron chi connectivity index (χ1n) is 6.67. The van der Waals surface area contributed by atoms with Gasteiger partial charge in [-0.3, -0.25) is 0 Å². The highest BCUT2D eigenvalue weighted by molar-refractivity contribution is 5.64. The highest BCUT2D eigenvalue weighted by Crippen LogP contribution is 2.26. The molecule has 98 valence electrons. The first kappa shape index (κ1) is 13.3. The van der Waals surface area contributed by atoms with E-state index in [-0.39, 0.29) is 0 Å². The van der Waals surface area contributed by atoms with Crippen molar-refractivity contribution in [2.45, 2.75) is 20.3 Å². The summed E-state index contributed by atoms with van der Waals surface area (Å²) in [6.07, 6.45) is 1.04. The highest BCUT2D eigenvalue weighted by Gasteiger charge is 1.98. The number of nitrogens with one attached hydrogen (secondary N) is 1. The molecule has 0 bridgehead atoms. The molecule has 0 aliphatic heterocycles. The highest BCUT2D eigenvalue weighted by atomic mass is 15.1. The Balaban J connectivity index is 2.17. The first-order chi connectivity index (χ1) is 9.33. The zero-order valence-electron chi connectivity index (χ0n) is 11.4. The second kappa shape index (κ2) is 6.69. The minimum Gasteiger partial charge on any atom is -0.384 e. The summed E-state index contributed by atoms with van der Waals surface area (Å²) in [7, 11) is 0.